The number of ether oxygens (including phenoxy) is 1. The molecule has 12 nitrogen and oxygen atoms in total. The lowest BCUT2D eigenvalue weighted by Gasteiger charge is -2.34. The Morgan fingerprint density at radius 1 is 1.18 bits per heavy atom. The van der Waals surface area contributed by atoms with E-state index >= 15 is 0 Å². The maximum absolute atomic E-state index is 12.0. The Labute approximate surface area is 228 Å². The van der Waals surface area contributed by atoms with E-state index in [9.17, 15) is 9.90 Å². The van der Waals surface area contributed by atoms with Crippen LogP contribution in [0.2, 0.25) is 0 Å². The summed E-state index contributed by atoms with van der Waals surface area (Å²) < 4.78 is 7.78. The number of piperazine rings is 1. The summed E-state index contributed by atoms with van der Waals surface area (Å²) in [4.78, 5) is 29.5. The van der Waals surface area contributed by atoms with Crippen molar-refractivity contribution < 1.29 is 19.5 Å². The lowest BCUT2D eigenvalue weighted by atomic mass is 10.1. The number of nitrogen functional groups attached to an aromatic ring is 1. The summed E-state index contributed by atoms with van der Waals surface area (Å²) in [6.45, 7) is 6.19. The van der Waals surface area contributed by atoms with Crippen molar-refractivity contribution in [3.63, 3.8) is 0 Å². The summed E-state index contributed by atoms with van der Waals surface area (Å²) in [5.74, 6) is 6.55. The predicted molar refractivity (Wildman–Crippen MR) is 150 cm³/mol. The van der Waals surface area contributed by atoms with Gasteiger partial charge in [0, 0.05) is 44.5 Å². The number of hydrogen-bond acceptors (Lipinski definition) is 10. The molecule has 1 aromatic carbocycles. The molecule has 12 heteroatoms. The molecule has 1 fully saturated rings. The Balaban J connectivity index is 1.53. The van der Waals surface area contributed by atoms with Gasteiger partial charge in [-0.1, -0.05) is 25.8 Å². The molecule has 212 valence electrons. The smallest absolute Gasteiger partial charge is 0.250 e. The minimum atomic E-state index is -0.123. The number of amides is 1. The molecule has 1 amide bonds. The first-order chi connectivity index (χ1) is 18.9. The highest BCUT2D eigenvalue weighted by Crippen LogP contribution is 2.28. The van der Waals surface area contributed by atoms with E-state index in [1.165, 1.54) is 0 Å². The van der Waals surface area contributed by atoms with Gasteiger partial charge in [-0.15, -0.1) is 0 Å². The Morgan fingerprint density at radius 3 is 2.67 bits per heavy atom. The van der Waals surface area contributed by atoms with E-state index in [4.69, 9.17) is 16.4 Å². The van der Waals surface area contributed by atoms with Crippen LogP contribution in [-0.4, -0.2) is 87.9 Å². The fourth-order valence-electron chi connectivity index (χ4n) is 5.02. The molecular formula is C27H40N8O4. The molecule has 0 bridgehead atoms. The van der Waals surface area contributed by atoms with Crippen LogP contribution in [0, 0.1) is 0 Å². The Morgan fingerprint density at radius 2 is 1.97 bits per heavy atom. The van der Waals surface area contributed by atoms with Crippen LogP contribution in [0.1, 0.15) is 37.3 Å². The molecular weight excluding hydrogens is 500 g/mol. The average Bonchev–Trinajstić information content (AvgIpc) is 3.34. The Kier molecular flexibility index (Phi) is 9.93. The lowest BCUT2D eigenvalue weighted by molar-refractivity contribution is -0.138. The number of methoxy groups -OCH3 is 1. The summed E-state index contributed by atoms with van der Waals surface area (Å²) in [7, 11) is 1.67. The van der Waals surface area contributed by atoms with Crippen LogP contribution in [0.5, 0.6) is 5.75 Å². The number of carbonyl (C=O) groups is 1. The standard InChI is InChI=1S/C27H40N8O4/c1-3-4-5-21(17-36)30-26-25-22(31-27(28)32-26)8-9-35(25)16-20-14-19(6-7-23(20)38-2)15-33-10-12-34(13-11-33)24(37)18-39-29/h6-9,14,21,36H,3-5,10-13,15-18,29H2,1-2H3,(H3,28,30,31,32)/t21-/m0/s1. The van der Waals surface area contributed by atoms with Crippen molar-refractivity contribution in [3.8, 4) is 5.75 Å². The number of anilines is 2. The summed E-state index contributed by atoms with van der Waals surface area (Å²) in [6.07, 6.45) is 4.85. The number of rotatable bonds is 13. The van der Waals surface area contributed by atoms with E-state index in [0.29, 0.717) is 25.5 Å². The predicted octanol–water partition coefficient (Wildman–Crippen LogP) is 1.57. The number of aromatic nitrogens is 3. The average molecular weight is 541 g/mol. The number of aliphatic hydroxyl groups excluding tert-OH is 1. The molecule has 39 heavy (non-hydrogen) atoms. The molecule has 3 aromatic rings. The van der Waals surface area contributed by atoms with Gasteiger partial charge in [-0.25, -0.2) is 10.9 Å². The molecule has 0 saturated carbocycles. The van der Waals surface area contributed by atoms with Crippen LogP contribution in [0.4, 0.5) is 11.8 Å². The van der Waals surface area contributed by atoms with Gasteiger partial charge in [-0.05, 0) is 30.2 Å². The lowest BCUT2D eigenvalue weighted by Crippen LogP contribution is -2.49. The SMILES string of the molecule is CCCC[C@@H](CO)Nc1nc(N)nc2ccn(Cc3cc(CN4CCN(C(=O)CON)CC4)ccc3OC)c12. The number of nitrogens with two attached hydrogens (primary N) is 2. The number of fused-ring (bicyclic) bond motifs is 1. The van der Waals surface area contributed by atoms with E-state index in [-0.39, 0.29) is 31.1 Å². The van der Waals surface area contributed by atoms with Gasteiger partial charge in [0.1, 0.15) is 17.9 Å². The molecule has 3 heterocycles. The molecule has 0 spiro atoms. The van der Waals surface area contributed by atoms with Gasteiger partial charge < -0.3 is 30.4 Å². The maximum atomic E-state index is 12.0. The van der Waals surface area contributed by atoms with Crippen LogP contribution in [0.25, 0.3) is 11.0 Å². The van der Waals surface area contributed by atoms with Crippen molar-refractivity contribution in [1.29, 1.82) is 0 Å². The molecule has 0 radical (unpaired) electrons. The van der Waals surface area contributed by atoms with E-state index in [2.05, 4.69) is 48.6 Å². The van der Waals surface area contributed by atoms with Gasteiger partial charge >= 0.3 is 0 Å². The van der Waals surface area contributed by atoms with Crippen LogP contribution in [0.3, 0.4) is 0 Å². The number of hydrogen-bond donors (Lipinski definition) is 4. The first-order valence-electron chi connectivity index (χ1n) is 13.4. The third-order valence-electron chi connectivity index (χ3n) is 7.12. The van der Waals surface area contributed by atoms with Gasteiger partial charge in [-0.2, -0.15) is 4.98 Å². The minimum Gasteiger partial charge on any atom is -0.496 e. The van der Waals surface area contributed by atoms with Gasteiger partial charge in [0.25, 0.3) is 5.91 Å². The fraction of sp³-hybridized carbons (Fsp3) is 0.519. The summed E-state index contributed by atoms with van der Waals surface area (Å²) in [5.41, 5.74) is 9.75. The monoisotopic (exact) mass is 540 g/mol. The van der Waals surface area contributed by atoms with E-state index in [0.717, 1.165) is 66.8 Å². The van der Waals surface area contributed by atoms with Crippen LogP contribution < -0.4 is 21.7 Å². The summed E-state index contributed by atoms with van der Waals surface area (Å²) in [5, 5.41) is 13.3. The quantitative estimate of drug-likeness (QED) is 0.235. The largest absolute Gasteiger partial charge is 0.496 e. The van der Waals surface area contributed by atoms with Crippen LogP contribution in [0.15, 0.2) is 30.5 Å². The number of aliphatic hydroxyl groups is 1. The molecule has 1 aliphatic rings. The van der Waals surface area contributed by atoms with Crippen molar-refractivity contribution in [2.45, 2.75) is 45.3 Å². The maximum Gasteiger partial charge on any atom is 0.250 e. The van der Waals surface area contributed by atoms with Gasteiger partial charge in [0.2, 0.25) is 5.95 Å². The zero-order valence-electron chi connectivity index (χ0n) is 22.8. The Hall–Kier alpha value is -3.45. The van der Waals surface area contributed by atoms with Crippen molar-refractivity contribution in [1.82, 2.24) is 24.3 Å². The third-order valence-corrected chi connectivity index (χ3v) is 7.12. The van der Waals surface area contributed by atoms with Gasteiger partial charge in [0.15, 0.2) is 5.82 Å². The van der Waals surface area contributed by atoms with E-state index < -0.39 is 0 Å². The topological polar surface area (TPSA) is 157 Å². The highest BCUT2D eigenvalue weighted by atomic mass is 16.6. The molecule has 6 N–H and O–H groups in total. The molecule has 1 atom stereocenters. The molecule has 1 aliphatic heterocycles. The molecule has 0 aliphatic carbocycles. The first-order valence-corrected chi connectivity index (χ1v) is 13.4. The highest BCUT2D eigenvalue weighted by molar-refractivity contribution is 5.87. The van der Waals surface area contributed by atoms with E-state index in [1.54, 1.807) is 12.0 Å². The van der Waals surface area contributed by atoms with Crippen LogP contribution >= 0.6 is 0 Å². The van der Waals surface area contributed by atoms with Gasteiger partial charge in [0.05, 0.1) is 31.8 Å². The second-order valence-electron chi connectivity index (χ2n) is 9.89. The highest BCUT2D eigenvalue weighted by Gasteiger charge is 2.22. The van der Waals surface area contributed by atoms with Crippen molar-refractivity contribution in [2.24, 2.45) is 5.90 Å². The number of carbonyl (C=O) groups excluding carboxylic acids is 1. The van der Waals surface area contributed by atoms with Crippen LogP contribution in [-0.2, 0) is 22.7 Å². The number of nitrogens with one attached hydrogen (secondary N) is 1. The Bertz CT molecular complexity index is 1240. The number of unbranched alkanes of at least 4 members (excludes halogenated alkanes) is 1. The molecule has 2 aromatic heterocycles. The third kappa shape index (κ3) is 7.15. The van der Waals surface area contributed by atoms with Crippen molar-refractivity contribution in [3.05, 3.63) is 41.6 Å². The zero-order valence-corrected chi connectivity index (χ0v) is 22.8. The first kappa shape index (κ1) is 28.6. The summed E-state index contributed by atoms with van der Waals surface area (Å²) >= 11 is 0. The number of nitrogens with zero attached hydrogens (tertiary/aromatic N) is 5. The molecule has 4 rings (SSSR count). The zero-order chi connectivity index (χ0) is 27.8. The van der Waals surface area contributed by atoms with E-state index in [1.807, 2.05) is 18.3 Å². The molecule has 1 saturated heterocycles. The number of benzene rings is 1. The fourth-order valence-corrected chi connectivity index (χ4v) is 5.02. The van der Waals surface area contributed by atoms with Crippen molar-refractivity contribution in [2.75, 3.05) is 57.6 Å². The minimum absolute atomic E-state index is 0.00515. The molecule has 0 unspecified atom stereocenters. The second-order valence-corrected chi connectivity index (χ2v) is 9.89. The van der Waals surface area contributed by atoms with Crippen molar-refractivity contribution >= 4 is 28.7 Å². The normalized spacial score (nSPS) is 15.0. The second kappa shape index (κ2) is 13.6. The summed E-state index contributed by atoms with van der Waals surface area (Å²) in [6, 6.07) is 8.03. The van der Waals surface area contributed by atoms with Gasteiger partial charge in [-0.3, -0.25) is 14.5 Å².